The predicted octanol–water partition coefficient (Wildman–Crippen LogP) is 2.76. The summed E-state index contributed by atoms with van der Waals surface area (Å²) in [5.74, 6) is -0.746. The number of carbonyl (C=O) groups is 2. The minimum atomic E-state index is -0.659. The van der Waals surface area contributed by atoms with Crippen LogP contribution in [-0.4, -0.2) is 73.1 Å². The number of aliphatic hydroxyl groups is 1. The summed E-state index contributed by atoms with van der Waals surface area (Å²) in [5.41, 5.74) is 2.18. The van der Waals surface area contributed by atoms with Crippen molar-refractivity contribution in [3.8, 4) is 5.75 Å². The zero-order chi connectivity index (χ0) is 22.7. The minimum absolute atomic E-state index is 0.122. The van der Waals surface area contributed by atoms with E-state index in [0.717, 1.165) is 24.2 Å². The summed E-state index contributed by atoms with van der Waals surface area (Å²) in [4.78, 5) is 30.0. The molecule has 4 rings (SSSR count). The summed E-state index contributed by atoms with van der Waals surface area (Å²) in [5, 5.41) is 11.2. The lowest BCUT2D eigenvalue weighted by Gasteiger charge is -2.31. The zero-order valence-corrected chi connectivity index (χ0v) is 18.4. The number of benzene rings is 2. The highest BCUT2D eigenvalue weighted by molar-refractivity contribution is 6.46. The summed E-state index contributed by atoms with van der Waals surface area (Å²) in [7, 11) is 1.57. The van der Waals surface area contributed by atoms with Crippen molar-refractivity contribution in [3.05, 3.63) is 70.8 Å². The number of morpholine rings is 1. The maximum absolute atomic E-state index is 13.1. The van der Waals surface area contributed by atoms with Crippen LogP contribution in [-0.2, 0) is 14.3 Å². The average Bonchev–Trinajstić information content (AvgIpc) is 3.08. The monoisotopic (exact) mass is 436 g/mol. The Kier molecular flexibility index (Phi) is 6.58. The van der Waals surface area contributed by atoms with Gasteiger partial charge in [-0.25, -0.2) is 0 Å². The van der Waals surface area contributed by atoms with Gasteiger partial charge in [0.2, 0.25) is 0 Å². The molecule has 0 spiro atoms. The van der Waals surface area contributed by atoms with Crippen molar-refractivity contribution in [2.24, 2.45) is 0 Å². The normalized spacial score (nSPS) is 21.2. The van der Waals surface area contributed by atoms with Crippen LogP contribution in [0, 0.1) is 6.92 Å². The molecule has 0 radical (unpaired) electrons. The molecule has 168 valence electrons. The van der Waals surface area contributed by atoms with Gasteiger partial charge in [0, 0.05) is 31.7 Å². The van der Waals surface area contributed by atoms with Gasteiger partial charge < -0.3 is 19.5 Å². The molecule has 0 aromatic heterocycles. The Labute approximate surface area is 187 Å². The van der Waals surface area contributed by atoms with E-state index in [4.69, 9.17) is 9.47 Å². The van der Waals surface area contributed by atoms with Gasteiger partial charge in [-0.05, 0) is 36.2 Å². The number of hydrogen-bond donors (Lipinski definition) is 1. The van der Waals surface area contributed by atoms with Gasteiger partial charge in [0.05, 0.1) is 31.9 Å². The van der Waals surface area contributed by atoms with E-state index in [-0.39, 0.29) is 11.3 Å². The molecule has 0 unspecified atom stereocenters. The topological polar surface area (TPSA) is 79.3 Å². The molecule has 2 saturated heterocycles. The number of ketones is 1. The number of rotatable bonds is 6. The highest BCUT2D eigenvalue weighted by atomic mass is 16.5. The van der Waals surface area contributed by atoms with E-state index >= 15 is 0 Å². The number of carbonyl (C=O) groups excluding carboxylic acids is 2. The van der Waals surface area contributed by atoms with E-state index < -0.39 is 17.7 Å². The predicted molar refractivity (Wildman–Crippen MR) is 120 cm³/mol. The molecule has 32 heavy (non-hydrogen) atoms. The quantitative estimate of drug-likeness (QED) is 0.426. The van der Waals surface area contributed by atoms with Crippen LogP contribution in [0.1, 0.15) is 22.7 Å². The van der Waals surface area contributed by atoms with Crippen LogP contribution in [0.15, 0.2) is 54.1 Å². The van der Waals surface area contributed by atoms with Gasteiger partial charge in [0.25, 0.3) is 11.7 Å². The van der Waals surface area contributed by atoms with E-state index in [0.29, 0.717) is 37.6 Å². The number of likely N-dealkylation sites (tertiary alicyclic amines) is 1. The molecule has 0 saturated carbocycles. The molecule has 2 heterocycles. The van der Waals surface area contributed by atoms with Crippen LogP contribution in [0.3, 0.4) is 0 Å². The molecular formula is C25H28N2O5. The molecule has 1 amide bonds. The van der Waals surface area contributed by atoms with Gasteiger partial charge in [-0.3, -0.25) is 14.5 Å². The fourth-order valence-electron chi connectivity index (χ4n) is 4.34. The molecule has 2 aromatic rings. The third-order valence-electron chi connectivity index (χ3n) is 6.10. The summed E-state index contributed by atoms with van der Waals surface area (Å²) in [6.07, 6.45) is 0. The Morgan fingerprint density at radius 2 is 1.81 bits per heavy atom. The number of ether oxygens (including phenoxy) is 2. The summed E-state index contributed by atoms with van der Waals surface area (Å²) in [6.45, 7) is 5.79. The SMILES string of the molecule is COc1ccc(/C(O)=C2\C(=O)C(=O)N(CCN3CCOCC3)[C@@H]2c2ccccc2)c(C)c1. The second kappa shape index (κ2) is 9.54. The van der Waals surface area contributed by atoms with Gasteiger partial charge in [-0.15, -0.1) is 0 Å². The number of aliphatic hydroxyl groups excluding tert-OH is 1. The van der Waals surface area contributed by atoms with Gasteiger partial charge in [-0.2, -0.15) is 0 Å². The van der Waals surface area contributed by atoms with E-state index in [2.05, 4.69) is 4.90 Å². The third kappa shape index (κ3) is 4.26. The molecule has 7 heteroatoms. The largest absolute Gasteiger partial charge is 0.507 e. The number of nitrogens with zero attached hydrogens (tertiary/aromatic N) is 2. The average molecular weight is 437 g/mol. The minimum Gasteiger partial charge on any atom is -0.507 e. The molecule has 1 N–H and O–H groups in total. The van der Waals surface area contributed by atoms with E-state index in [1.807, 2.05) is 37.3 Å². The Morgan fingerprint density at radius 1 is 1.09 bits per heavy atom. The molecule has 0 aliphatic carbocycles. The van der Waals surface area contributed by atoms with Crippen molar-refractivity contribution in [3.63, 3.8) is 0 Å². The van der Waals surface area contributed by atoms with Crippen molar-refractivity contribution >= 4 is 17.4 Å². The van der Waals surface area contributed by atoms with Crippen LogP contribution in [0.2, 0.25) is 0 Å². The van der Waals surface area contributed by atoms with Crippen LogP contribution < -0.4 is 4.74 Å². The third-order valence-corrected chi connectivity index (χ3v) is 6.10. The first-order valence-electron chi connectivity index (χ1n) is 10.8. The molecule has 2 fully saturated rings. The first-order valence-corrected chi connectivity index (χ1v) is 10.8. The lowest BCUT2D eigenvalue weighted by Crippen LogP contribution is -2.42. The number of methoxy groups -OCH3 is 1. The van der Waals surface area contributed by atoms with E-state index in [1.165, 1.54) is 0 Å². The Bertz CT molecular complexity index is 1030. The lowest BCUT2D eigenvalue weighted by atomic mass is 9.94. The molecule has 2 aliphatic rings. The van der Waals surface area contributed by atoms with Crippen LogP contribution in [0.5, 0.6) is 5.75 Å². The summed E-state index contributed by atoms with van der Waals surface area (Å²) < 4.78 is 10.6. The number of amides is 1. The lowest BCUT2D eigenvalue weighted by molar-refractivity contribution is -0.140. The zero-order valence-electron chi connectivity index (χ0n) is 18.4. The number of hydrogen-bond acceptors (Lipinski definition) is 6. The van der Waals surface area contributed by atoms with Gasteiger partial charge >= 0.3 is 0 Å². The molecule has 2 aromatic carbocycles. The highest BCUT2D eigenvalue weighted by Crippen LogP contribution is 2.40. The second-order valence-corrected chi connectivity index (χ2v) is 8.04. The van der Waals surface area contributed by atoms with Crippen molar-refractivity contribution in [1.29, 1.82) is 0 Å². The summed E-state index contributed by atoms with van der Waals surface area (Å²) >= 11 is 0. The van der Waals surface area contributed by atoms with Crippen molar-refractivity contribution in [1.82, 2.24) is 9.80 Å². The highest BCUT2D eigenvalue weighted by Gasteiger charge is 2.46. The smallest absolute Gasteiger partial charge is 0.295 e. The summed E-state index contributed by atoms with van der Waals surface area (Å²) in [6, 6.07) is 14.0. The van der Waals surface area contributed by atoms with Gasteiger partial charge in [0.1, 0.15) is 11.5 Å². The van der Waals surface area contributed by atoms with Crippen LogP contribution >= 0.6 is 0 Å². The number of Topliss-reactive ketones (excluding diaryl/α,β-unsaturated/α-hetero) is 1. The fraction of sp³-hybridized carbons (Fsp3) is 0.360. The van der Waals surface area contributed by atoms with Gasteiger partial charge in [0.15, 0.2) is 0 Å². The van der Waals surface area contributed by atoms with E-state index in [1.54, 1.807) is 30.2 Å². The first kappa shape index (κ1) is 22.0. The van der Waals surface area contributed by atoms with Crippen molar-refractivity contribution in [2.45, 2.75) is 13.0 Å². The number of aryl methyl sites for hydroxylation is 1. The first-order chi connectivity index (χ1) is 15.5. The van der Waals surface area contributed by atoms with Crippen molar-refractivity contribution in [2.75, 3.05) is 46.5 Å². The Morgan fingerprint density at radius 3 is 2.47 bits per heavy atom. The van der Waals surface area contributed by atoms with Crippen molar-refractivity contribution < 1.29 is 24.2 Å². The van der Waals surface area contributed by atoms with E-state index in [9.17, 15) is 14.7 Å². The molecule has 7 nitrogen and oxygen atoms in total. The molecule has 1 atom stereocenters. The van der Waals surface area contributed by atoms with Crippen LogP contribution in [0.25, 0.3) is 5.76 Å². The maximum atomic E-state index is 13.1. The van der Waals surface area contributed by atoms with Gasteiger partial charge in [-0.1, -0.05) is 30.3 Å². The fourth-order valence-corrected chi connectivity index (χ4v) is 4.34. The molecular weight excluding hydrogens is 408 g/mol. The maximum Gasteiger partial charge on any atom is 0.295 e. The molecule has 0 bridgehead atoms. The standard InChI is InChI=1S/C25H28N2O5/c1-17-16-19(31-2)8-9-20(17)23(28)21-22(18-6-4-3-5-7-18)27(25(30)24(21)29)11-10-26-12-14-32-15-13-26/h3-9,16,22,28H,10-15H2,1-2H3/b23-21+/t22-/m1/s1. The second-order valence-electron chi connectivity index (χ2n) is 8.04. The van der Waals surface area contributed by atoms with Crippen LogP contribution in [0.4, 0.5) is 0 Å². The Balaban J connectivity index is 1.73. The molecule has 2 aliphatic heterocycles. The Hall–Kier alpha value is -3.16.